The van der Waals surface area contributed by atoms with Crippen LogP contribution in [0.15, 0.2) is 6.20 Å². The minimum atomic E-state index is -2.95. The van der Waals surface area contributed by atoms with Gasteiger partial charge >= 0.3 is 0 Å². The Hall–Kier alpha value is -0.880. The molecular formula is C14H22N2O3S. The molecule has 2 unspecified atom stereocenters. The monoisotopic (exact) mass is 298 g/mol. The Bertz CT molecular complexity index is 579. The summed E-state index contributed by atoms with van der Waals surface area (Å²) in [4.78, 5) is 4.44. The molecule has 0 radical (unpaired) electrons. The number of sulfone groups is 1. The van der Waals surface area contributed by atoms with Gasteiger partial charge in [-0.05, 0) is 25.7 Å². The molecule has 1 fully saturated rings. The van der Waals surface area contributed by atoms with Gasteiger partial charge in [-0.3, -0.25) is 0 Å². The number of aliphatic hydroxyl groups excluding tert-OH is 1. The van der Waals surface area contributed by atoms with Crippen molar-refractivity contribution in [3.8, 4) is 0 Å². The van der Waals surface area contributed by atoms with Crippen LogP contribution in [0.5, 0.6) is 0 Å². The SMILES string of the molecule is O=S1(=O)CCCCC1Cc1ncc2n1CCCC2CO. The number of nitrogens with zero attached hydrogens (tertiary/aromatic N) is 2. The molecule has 0 aliphatic carbocycles. The van der Waals surface area contributed by atoms with E-state index in [1.165, 1.54) is 0 Å². The first-order valence-corrected chi connectivity index (χ1v) is 9.20. The first kappa shape index (κ1) is 14.1. The summed E-state index contributed by atoms with van der Waals surface area (Å²) in [5.41, 5.74) is 1.07. The fraction of sp³-hybridized carbons (Fsp3) is 0.786. The van der Waals surface area contributed by atoms with Gasteiger partial charge in [0.15, 0.2) is 9.84 Å². The Morgan fingerprint density at radius 2 is 2.15 bits per heavy atom. The van der Waals surface area contributed by atoms with Crippen LogP contribution in [0.4, 0.5) is 0 Å². The van der Waals surface area contributed by atoms with Gasteiger partial charge in [0.05, 0.1) is 17.6 Å². The van der Waals surface area contributed by atoms with Crippen molar-refractivity contribution in [1.82, 2.24) is 9.55 Å². The molecule has 6 heteroatoms. The van der Waals surface area contributed by atoms with Gasteiger partial charge in [-0.15, -0.1) is 0 Å². The Labute approximate surface area is 119 Å². The topological polar surface area (TPSA) is 72.2 Å². The average Bonchev–Trinajstić information content (AvgIpc) is 2.84. The van der Waals surface area contributed by atoms with Crippen LogP contribution in [0.25, 0.3) is 0 Å². The predicted octanol–water partition coefficient (Wildman–Crippen LogP) is 1.26. The first-order valence-electron chi connectivity index (χ1n) is 7.48. The number of fused-ring (bicyclic) bond motifs is 1. The second-order valence-corrected chi connectivity index (χ2v) is 8.36. The Morgan fingerprint density at radius 3 is 2.90 bits per heavy atom. The first-order chi connectivity index (χ1) is 9.62. The summed E-state index contributed by atoms with van der Waals surface area (Å²) < 4.78 is 26.4. The molecule has 0 spiro atoms. The van der Waals surface area contributed by atoms with Gasteiger partial charge in [-0.1, -0.05) is 6.42 Å². The molecule has 0 aromatic carbocycles. The van der Waals surface area contributed by atoms with Crippen molar-refractivity contribution < 1.29 is 13.5 Å². The minimum absolute atomic E-state index is 0.146. The standard InChI is InChI=1S/C14H22N2O3S/c17-10-11-4-3-6-16-13(11)9-15-14(16)8-12-5-1-2-7-20(12,18)19/h9,11-12,17H,1-8,10H2. The van der Waals surface area contributed by atoms with Gasteiger partial charge in [-0.2, -0.15) is 0 Å². The van der Waals surface area contributed by atoms with Crippen molar-refractivity contribution in [3.05, 3.63) is 17.7 Å². The van der Waals surface area contributed by atoms with Gasteiger partial charge in [0.1, 0.15) is 5.82 Å². The number of aliphatic hydroxyl groups is 1. The van der Waals surface area contributed by atoms with Gasteiger partial charge in [-0.25, -0.2) is 13.4 Å². The van der Waals surface area contributed by atoms with Crippen LogP contribution in [0.3, 0.4) is 0 Å². The molecule has 0 bridgehead atoms. The zero-order valence-corrected chi connectivity index (χ0v) is 12.5. The van der Waals surface area contributed by atoms with E-state index in [-0.39, 0.29) is 17.8 Å². The number of rotatable bonds is 3. The van der Waals surface area contributed by atoms with E-state index in [1.54, 1.807) is 0 Å². The van der Waals surface area contributed by atoms with Crippen LogP contribution in [0.2, 0.25) is 0 Å². The summed E-state index contributed by atoms with van der Waals surface area (Å²) in [6, 6.07) is 0. The molecule has 3 rings (SSSR count). The quantitative estimate of drug-likeness (QED) is 0.912. The molecule has 5 nitrogen and oxygen atoms in total. The van der Waals surface area contributed by atoms with E-state index < -0.39 is 9.84 Å². The van der Waals surface area contributed by atoms with E-state index in [1.807, 2.05) is 6.20 Å². The zero-order valence-electron chi connectivity index (χ0n) is 11.7. The molecule has 3 heterocycles. The third kappa shape index (κ3) is 2.51. The second kappa shape index (κ2) is 5.48. The van der Waals surface area contributed by atoms with E-state index in [0.29, 0.717) is 12.2 Å². The Balaban J connectivity index is 1.83. The van der Waals surface area contributed by atoms with Crippen molar-refractivity contribution in [1.29, 1.82) is 0 Å². The van der Waals surface area contributed by atoms with Crippen LogP contribution in [-0.4, -0.2) is 40.7 Å². The van der Waals surface area contributed by atoms with Gasteiger partial charge in [0, 0.05) is 30.8 Å². The van der Waals surface area contributed by atoms with Gasteiger partial charge in [0.2, 0.25) is 0 Å². The fourth-order valence-electron chi connectivity index (χ4n) is 3.46. The third-order valence-corrected chi connectivity index (χ3v) is 6.94. The van der Waals surface area contributed by atoms with E-state index >= 15 is 0 Å². The smallest absolute Gasteiger partial charge is 0.153 e. The van der Waals surface area contributed by atoms with E-state index in [9.17, 15) is 13.5 Å². The van der Waals surface area contributed by atoms with Crippen LogP contribution >= 0.6 is 0 Å². The summed E-state index contributed by atoms with van der Waals surface area (Å²) in [6.07, 6.45) is 6.92. The summed E-state index contributed by atoms with van der Waals surface area (Å²) in [5.74, 6) is 1.37. The third-order valence-electron chi connectivity index (χ3n) is 4.67. The predicted molar refractivity (Wildman–Crippen MR) is 76.4 cm³/mol. The summed E-state index contributed by atoms with van der Waals surface area (Å²) in [5, 5.41) is 9.15. The maximum Gasteiger partial charge on any atom is 0.153 e. The van der Waals surface area contributed by atoms with Crippen LogP contribution in [0.1, 0.15) is 49.5 Å². The zero-order chi connectivity index (χ0) is 14.2. The van der Waals surface area contributed by atoms with Crippen molar-refractivity contribution in [2.75, 3.05) is 12.4 Å². The molecule has 0 amide bonds. The highest BCUT2D eigenvalue weighted by Gasteiger charge is 2.31. The van der Waals surface area contributed by atoms with Gasteiger partial charge < -0.3 is 9.67 Å². The van der Waals surface area contributed by atoms with Crippen LogP contribution < -0.4 is 0 Å². The molecule has 112 valence electrons. The van der Waals surface area contributed by atoms with Crippen molar-refractivity contribution in [2.45, 2.75) is 56.2 Å². The highest BCUT2D eigenvalue weighted by atomic mass is 32.2. The highest BCUT2D eigenvalue weighted by Crippen LogP contribution is 2.29. The van der Waals surface area contributed by atoms with Crippen LogP contribution in [0, 0.1) is 0 Å². The van der Waals surface area contributed by atoms with Crippen molar-refractivity contribution >= 4 is 9.84 Å². The molecule has 1 N–H and O–H groups in total. The highest BCUT2D eigenvalue weighted by molar-refractivity contribution is 7.92. The molecule has 1 aromatic rings. The molecule has 2 aliphatic heterocycles. The normalized spacial score (nSPS) is 29.1. The fourth-order valence-corrected chi connectivity index (χ4v) is 5.33. The lowest BCUT2D eigenvalue weighted by atomic mass is 9.97. The molecule has 2 aliphatic rings. The maximum atomic E-state index is 12.1. The Kier molecular flexibility index (Phi) is 3.86. The van der Waals surface area contributed by atoms with Crippen molar-refractivity contribution in [2.24, 2.45) is 0 Å². The molecule has 0 saturated carbocycles. The Morgan fingerprint density at radius 1 is 1.30 bits per heavy atom. The van der Waals surface area contributed by atoms with Crippen LogP contribution in [-0.2, 0) is 22.8 Å². The number of imidazole rings is 1. The molecule has 20 heavy (non-hydrogen) atoms. The lowest BCUT2D eigenvalue weighted by molar-refractivity contribution is 0.240. The second-order valence-electron chi connectivity index (χ2n) is 5.96. The number of hydrogen-bond acceptors (Lipinski definition) is 4. The minimum Gasteiger partial charge on any atom is -0.396 e. The van der Waals surface area contributed by atoms with E-state index in [4.69, 9.17) is 0 Å². The lowest BCUT2D eigenvalue weighted by Gasteiger charge is -2.26. The molecule has 1 aromatic heterocycles. The van der Waals surface area contributed by atoms with Crippen molar-refractivity contribution in [3.63, 3.8) is 0 Å². The lowest BCUT2D eigenvalue weighted by Crippen LogP contribution is -2.31. The summed E-state index contributed by atoms with van der Waals surface area (Å²) in [7, 11) is -2.95. The van der Waals surface area contributed by atoms with E-state index in [2.05, 4.69) is 9.55 Å². The number of hydrogen-bond donors (Lipinski definition) is 1. The largest absolute Gasteiger partial charge is 0.396 e. The van der Waals surface area contributed by atoms with Gasteiger partial charge in [0.25, 0.3) is 0 Å². The summed E-state index contributed by atoms with van der Waals surface area (Å²) >= 11 is 0. The molecular weight excluding hydrogens is 276 g/mol. The van der Waals surface area contributed by atoms with E-state index in [0.717, 1.165) is 50.2 Å². The average molecular weight is 298 g/mol. The summed E-state index contributed by atoms with van der Waals surface area (Å²) in [6.45, 7) is 1.04. The number of aromatic nitrogens is 2. The molecule has 2 atom stereocenters. The molecule has 1 saturated heterocycles. The maximum absolute atomic E-state index is 12.1.